The van der Waals surface area contributed by atoms with Crippen molar-refractivity contribution < 1.29 is 23.9 Å². The number of amides is 2. The van der Waals surface area contributed by atoms with Gasteiger partial charge in [-0.2, -0.15) is 0 Å². The molecule has 3 aliphatic rings. The van der Waals surface area contributed by atoms with Crippen LogP contribution in [0, 0.1) is 13.8 Å². The Balaban J connectivity index is 1.49. The Morgan fingerprint density at radius 2 is 1.84 bits per heavy atom. The van der Waals surface area contributed by atoms with Crippen LogP contribution in [0.2, 0.25) is 0 Å². The maximum Gasteiger partial charge on any atom is 0.354 e. The van der Waals surface area contributed by atoms with E-state index in [-0.39, 0.29) is 36.5 Å². The summed E-state index contributed by atoms with van der Waals surface area (Å²) in [6, 6.07) is 12.3. The van der Waals surface area contributed by atoms with Crippen molar-refractivity contribution in [1.29, 1.82) is 0 Å². The monoisotopic (exact) mass is 432 g/mol. The average Bonchev–Trinajstić information content (AvgIpc) is 3.56. The van der Waals surface area contributed by atoms with Gasteiger partial charge < -0.3 is 9.64 Å². The third-order valence-electron chi connectivity index (χ3n) is 6.57. The number of ether oxygens (including phenoxy) is 1. The van der Waals surface area contributed by atoms with E-state index < -0.39 is 18.2 Å². The predicted molar refractivity (Wildman–Crippen MR) is 116 cm³/mol. The molecular formula is C25H24N2O5. The minimum atomic E-state index is -1.54. The molecule has 2 aromatic carbocycles. The van der Waals surface area contributed by atoms with Gasteiger partial charge in [0.05, 0.1) is 11.3 Å². The molecule has 0 radical (unpaired) electrons. The summed E-state index contributed by atoms with van der Waals surface area (Å²) in [5.41, 5.74) is 1.53. The van der Waals surface area contributed by atoms with Gasteiger partial charge in [0, 0.05) is 24.4 Å². The lowest BCUT2D eigenvalue weighted by Crippen LogP contribution is -2.69. The summed E-state index contributed by atoms with van der Waals surface area (Å²) >= 11 is 0. The molecule has 0 N–H and O–H groups in total. The zero-order valence-electron chi connectivity index (χ0n) is 18.1. The molecule has 2 amide bonds. The molecule has 5 rings (SSSR count). The maximum atomic E-state index is 13.6. The molecule has 0 aromatic heterocycles. The highest BCUT2D eigenvalue weighted by molar-refractivity contribution is 6.16. The second-order valence-electron chi connectivity index (χ2n) is 8.79. The summed E-state index contributed by atoms with van der Waals surface area (Å²) < 4.78 is 5.54. The first-order valence-electron chi connectivity index (χ1n) is 10.9. The lowest BCUT2D eigenvalue weighted by molar-refractivity contribution is -0.156. The molecule has 7 heteroatoms. The number of carbonyl (C=O) groups excluding carboxylic acids is 4. The highest BCUT2D eigenvalue weighted by Crippen LogP contribution is 2.49. The van der Waals surface area contributed by atoms with E-state index in [2.05, 4.69) is 0 Å². The number of fused-ring (bicyclic) bond motifs is 3. The Bertz CT molecular complexity index is 1170. The van der Waals surface area contributed by atoms with Gasteiger partial charge in [-0.25, -0.2) is 4.79 Å². The highest BCUT2D eigenvalue weighted by atomic mass is 16.5. The maximum absolute atomic E-state index is 13.6. The van der Waals surface area contributed by atoms with E-state index in [1.54, 1.807) is 30.3 Å². The van der Waals surface area contributed by atoms with E-state index in [4.69, 9.17) is 4.74 Å². The summed E-state index contributed by atoms with van der Waals surface area (Å²) in [4.78, 5) is 55.7. The summed E-state index contributed by atoms with van der Waals surface area (Å²) in [6.45, 7) is 3.28. The van der Waals surface area contributed by atoms with E-state index >= 15 is 0 Å². The number of hydrogen-bond donors (Lipinski definition) is 0. The van der Waals surface area contributed by atoms with Crippen molar-refractivity contribution in [3.05, 3.63) is 64.7 Å². The smallest absolute Gasteiger partial charge is 0.354 e. The van der Waals surface area contributed by atoms with Crippen molar-refractivity contribution in [3.8, 4) is 0 Å². The molecule has 164 valence electrons. The van der Waals surface area contributed by atoms with Gasteiger partial charge in [0.1, 0.15) is 0 Å². The van der Waals surface area contributed by atoms with Crippen LogP contribution in [0.4, 0.5) is 5.69 Å². The summed E-state index contributed by atoms with van der Waals surface area (Å²) in [5.74, 6) is -1.54. The van der Waals surface area contributed by atoms with Gasteiger partial charge in [0.25, 0.3) is 5.91 Å². The predicted octanol–water partition coefficient (Wildman–Crippen LogP) is 3.17. The van der Waals surface area contributed by atoms with E-state index in [9.17, 15) is 19.2 Å². The van der Waals surface area contributed by atoms with Crippen LogP contribution in [-0.2, 0) is 14.3 Å². The summed E-state index contributed by atoms with van der Waals surface area (Å²) in [5, 5.41) is 0. The Morgan fingerprint density at radius 1 is 1.09 bits per heavy atom. The van der Waals surface area contributed by atoms with E-state index in [1.807, 2.05) is 26.0 Å². The summed E-state index contributed by atoms with van der Waals surface area (Å²) in [6.07, 6.45) is 1.82. The normalized spacial score (nSPS) is 21.9. The second-order valence-corrected chi connectivity index (χ2v) is 8.79. The van der Waals surface area contributed by atoms with E-state index in [0.717, 1.165) is 24.0 Å². The number of hydrogen-bond acceptors (Lipinski definition) is 5. The van der Waals surface area contributed by atoms with Gasteiger partial charge in [-0.15, -0.1) is 0 Å². The van der Waals surface area contributed by atoms with Crippen LogP contribution < -0.4 is 4.90 Å². The second kappa shape index (κ2) is 7.29. The van der Waals surface area contributed by atoms with Gasteiger partial charge >= 0.3 is 5.97 Å². The number of para-hydroxylation sites is 1. The van der Waals surface area contributed by atoms with Gasteiger partial charge in [0.15, 0.2) is 6.61 Å². The lowest BCUT2D eigenvalue weighted by Gasteiger charge is -2.48. The average molecular weight is 432 g/mol. The molecule has 1 unspecified atom stereocenters. The quantitative estimate of drug-likeness (QED) is 0.535. The molecule has 2 aliphatic heterocycles. The molecule has 2 fully saturated rings. The standard InChI is InChI=1S/C25H24N2O5/c1-15-7-8-16(2)19(13-15)21(28)14-32-24(31)25-12-11-22(29)27(25)20-6-4-3-5-18(20)23(30)26(25)17-9-10-17/h3-8,13,17H,9-12,14H2,1-2H3. The molecular weight excluding hydrogens is 408 g/mol. The Morgan fingerprint density at radius 3 is 2.59 bits per heavy atom. The number of anilines is 1. The van der Waals surface area contributed by atoms with Crippen molar-refractivity contribution >= 4 is 29.3 Å². The van der Waals surface area contributed by atoms with Crippen LogP contribution in [-0.4, -0.2) is 46.8 Å². The number of esters is 1. The van der Waals surface area contributed by atoms with Crippen LogP contribution >= 0.6 is 0 Å². The first-order chi connectivity index (χ1) is 15.3. The number of ketones is 1. The highest BCUT2D eigenvalue weighted by Gasteiger charge is 2.64. The first-order valence-corrected chi connectivity index (χ1v) is 10.9. The van der Waals surface area contributed by atoms with Crippen LogP contribution in [0.5, 0.6) is 0 Å². The molecule has 7 nitrogen and oxygen atoms in total. The fraction of sp³-hybridized carbons (Fsp3) is 0.360. The van der Waals surface area contributed by atoms with Gasteiger partial charge in [0.2, 0.25) is 17.4 Å². The Kier molecular flexibility index (Phi) is 4.65. The molecule has 32 heavy (non-hydrogen) atoms. The van der Waals surface area contributed by atoms with Crippen LogP contribution in [0.3, 0.4) is 0 Å². The van der Waals surface area contributed by atoms with Crippen molar-refractivity contribution in [2.75, 3.05) is 11.5 Å². The van der Waals surface area contributed by atoms with Crippen LogP contribution in [0.25, 0.3) is 0 Å². The minimum absolute atomic E-state index is 0.119. The molecule has 2 aromatic rings. The SMILES string of the molecule is Cc1ccc(C)c(C(=O)COC(=O)C23CCC(=O)N2c2ccccc2C(=O)N3C2CC2)c1. The molecule has 2 heterocycles. The Labute approximate surface area is 185 Å². The molecule has 1 atom stereocenters. The number of carbonyl (C=O) groups is 4. The zero-order chi connectivity index (χ0) is 22.6. The molecule has 1 aliphatic carbocycles. The van der Waals surface area contributed by atoms with Gasteiger partial charge in [-0.3, -0.25) is 19.3 Å². The minimum Gasteiger partial charge on any atom is -0.454 e. The van der Waals surface area contributed by atoms with Gasteiger partial charge in [-0.1, -0.05) is 29.8 Å². The van der Waals surface area contributed by atoms with Crippen molar-refractivity contribution in [2.24, 2.45) is 0 Å². The number of nitrogens with zero attached hydrogens (tertiary/aromatic N) is 2. The molecule has 0 bridgehead atoms. The fourth-order valence-electron chi connectivity index (χ4n) is 4.87. The molecule has 0 spiro atoms. The van der Waals surface area contributed by atoms with Gasteiger partial charge in [-0.05, 0) is 50.5 Å². The lowest BCUT2D eigenvalue weighted by atomic mass is 9.96. The number of rotatable bonds is 5. The third-order valence-corrected chi connectivity index (χ3v) is 6.57. The molecule has 1 saturated heterocycles. The number of aryl methyl sites for hydroxylation is 2. The van der Waals surface area contributed by atoms with Crippen LogP contribution in [0.15, 0.2) is 42.5 Å². The largest absolute Gasteiger partial charge is 0.454 e. The zero-order valence-corrected chi connectivity index (χ0v) is 18.1. The van der Waals surface area contributed by atoms with E-state index in [1.165, 1.54) is 9.80 Å². The third kappa shape index (κ3) is 2.95. The first kappa shape index (κ1) is 20.4. The number of Topliss-reactive ketones (excluding diaryl/α,β-unsaturated/α-hetero) is 1. The van der Waals surface area contributed by atoms with Crippen molar-refractivity contribution in [2.45, 2.75) is 51.2 Å². The topological polar surface area (TPSA) is 84.0 Å². The summed E-state index contributed by atoms with van der Waals surface area (Å²) in [7, 11) is 0. The fourth-order valence-corrected chi connectivity index (χ4v) is 4.87. The Hall–Kier alpha value is -3.48. The van der Waals surface area contributed by atoms with Crippen molar-refractivity contribution in [1.82, 2.24) is 4.90 Å². The van der Waals surface area contributed by atoms with Crippen LogP contribution in [0.1, 0.15) is 57.5 Å². The van der Waals surface area contributed by atoms with Crippen molar-refractivity contribution in [3.63, 3.8) is 0 Å². The van der Waals surface area contributed by atoms with E-state index in [0.29, 0.717) is 16.8 Å². The number of benzene rings is 2. The molecule has 1 saturated carbocycles.